The van der Waals surface area contributed by atoms with E-state index in [4.69, 9.17) is 16.7 Å². The number of hydrogen-bond donors (Lipinski definition) is 2. The van der Waals surface area contributed by atoms with Crippen LogP contribution in [-0.4, -0.2) is 32.2 Å². The molecule has 6 nitrogen and oxygen atoms in total. The number of hydrogen-bond acceptors (Lipinski definition) is 5. The van der Waals surface area contributed by atoms with E-state index in [0.29, 0.717) is 18.2 Å². The maximum Gasteiger partial charge on any atom is 0.356 e. The lowest BCUT2D eigenvalue weighted by Gasteiger charge is -2.02. The molecule has 0 aliphatic heterocycles. The van der Waals surface area contributed by atoms with Gasteiger partial charge in [0.05, 0.1) is 6.33 Å². The molecule has 0 saturated heterocycles. The van der Waals surface area contributed by atoms with Crippen LogP contribution in [0.3, 0.4) is 0 Å². The van der Waals surface area contributed by atoms with Gasteiger partial charge in [0.1, 0.15) is 5.15 Å². The van der Waals surface area contributed by atoms with Crippen molar-refractivity contribution in [3.63, 3.8) is 0 Å². The van der Waals surface area contributed by atoms with Gasteiger partial charge in [0.2, 0.25) is 0 Å². The van der Waals surface area contributed by atoms with Gasteiger partial charge in [-0.25, -0.2) is 14.8 Å². The fourth-order valence-electron chi connectivity index (χ4n) is 1.22. The molecule has 2 aromatic heterocycles. The minimum absolute atomic E-state index is 0.0438. The molecule has 8 heteroatoms. The number of anilines is 1. The van der Waals surface area contributed by atoms with Crippen molar-refractivity contribution < 1.29 is 9.90 Å². The van der Waals surface area contributed by atoms with Gasteiger partial charge in [-0.1, -0.05) is 11.6 Å². The zero-order valence-corrected chi connectivity index (χ0v) is 10.2. The van der Waals surface area contributed by atoms with Gasteiger partial charge < -0.3 is 15.0 Å². The summed E-state index contributed by atoms with van der Waals surface area (Å²) in [6, 6.07) is 0. The van der Waals surface area contributed by atoms with Crippen LogP contribution in [0.1, 0.15) is 10.5 Å². The normalized spacial score (nSPS) is 10.4. The first kappa shape index (κ1) is 11.9. The monoisotopic (exact) mass is 272 g/mol. The number of aromatic carboxylic acids is 1. The highest BCUT2D eigenvalue weighted by molar-refractivity contribution is 7.14. The van der Waals surface area contributed by atoms with Crippen LogP contribution in [0.25, 0.3) is 0 Å². The number of carboxylic acids is 1. The molecule has 0 atom stereocenters. The third kappa shape index (κ3) is 3.18. The Morgan fingerprint density at radius 1 is 1.65 bits per heavy atom. The topological polar surface area (TPSA) is 80.0 Å². The summed E-state index contributed by atoms with van der Waals surface area (Å²) in [6.45, 7) is 1.23. The second kappa shape index (κ2) is 5.15. The molecule has 2 rings (SSSR count). The largest absolute Gasteiger partial charge is 0.476 e. The molecule has 0 radical (unpaired) electrons. The van der Waals surface area contributed by atoms with Crippen LogP contribution in [0.15, 0.2) is 17.9 Å². The van der Waals surface area contributed by atoms with E-state index < -0.39 is 5.97 Å². The Balaban J connectivity index is 1.83. The van der Waals surface area contributed by atoms with Gasteiger partial charge in [0.15, 0.2) is 10.8 Å². The zero-order valence-electron chi connectivity index (χ0n) is 8.63. The van der Waals surface area contributed by atoms with E-state index in [1.807, 2.05) is 0 Å². The molecule has 0 aromatic carbocycles. The number of nitrogens with zero attached hydrogens (tertiary/aromatic N) is 3. The summed E-state index contributed by atoms with van der Waals surface area (Å²) in [6.07, 6.45) is 2.97. The van der Waals surface area contributed by atoms with E-state index in [2.05, 4.69) is 15.3 Å². The Kier molecular flexibility index (Phi) is 3.60. The first-order valence-corrected chi connectivity index (χ1v) is 6.01. The van der Waals surface area contributed by atoms with Gasteiger partial charge in [0, 0.05) is 24.7 Å². The number of carboxylic acid groups (broad SMARTS) is 1. The van der Waals surface area contributed by atoms with Crippen LogP contribution < -0.4 is 5.32 Å². The number of rotatable bonds is 5. The summed E-state index contributed by atoms with van der Waals surface area (Å²) >= 11 is 7.09. The van der Waals surface area contributed by atoms with Crippen molar-refractivity contribution in [2.45, 2.75) is 6.54 Å². The first-order valence-electron chi connectivity index (χ1n) is 4.75. The van der Waals surface area contributed by atoms with E-state index in [0.717, 1.165) is 5.13 Å². The second-order valence-electron chi connectivity index (χ2n) is 3.20. The molecule has 0 unspecified atom stereocenters. The molecule has 90 valence electrons. The third-order valence-electron chi connectivity index (χ3n) is 1.97. The Morgan fingerprint density at radius 2 is 2.47 bits per heavy atom. The zero-order chi connectivity index (χ0) is 12.3. The molecule has 2 N–H and O–H groups in total. The van der Waals surface area contributed by atoms with Crippen LogP contribution >= 0.6 is 22.9 Å². The molecule has 0 saturated carbocycles. The number of imidazole rings is 1. The minimum Gasteiger partial charge on any atom is -0.476 e. The van der Waals surface area contributed by atoms with Crippen molar-refractivity contribution in [2.75, 3.05) is 11.9 Å². The van der Waals surface area contributed by atoms with Crippen LogP contribution in [0, 0.1) is 0 Å². The van der Waals surface area contributed by atoms with Crippen molar-refractivity contribution in [3.05, 3.63) is 28.8 Å². The van der Waals surface area contributed by atoms with Crippen molar-refractivity contribution in [1.82, 2.24) is 14.5 Å². The van der Waals surface area contributed by atoms with Crippen molar-refractivity contribution in [3.8, 4) is 0 Å². The van der Waals surface area contributed by atoms with Crippen molar-refractivity contribution >= 4 is 34.0 Å². The smallest absolute Gasteiger partial charge is 0.356 e. The van der Waals surface area contributed by atoms with Gasteiger partial charge in [-0.3, -0.25) is 0 Å². The standard InChI is InChI=1S/C9H9ClN4O2S/c10-7-4-17-9(13-7)11-1-2-14-3-6(8(15)16)12-5-14/h3-5H,1-2H2,(H,11,13)(H,15,16). The number of thiazole rings is 1. The second-order valence-corrected chi connectivity index (χ2v) is 4.45. The van der Waals surface area contributed by atoms with Gasteiger partial charge in [0.25, 0.3) is 0 Å². The summed E-state index contributed by atoms with van der Waals surface area (Å²) in [5.41, 5.74) is 0.0438. The predicted molar refractivity (Wildman–Crippen MR) is 64.8 cm³/mol. The summed E-state index contributed by atoms with van der Waals surface area (Å²) < 4.78 is 1.70. The maximum atomic E-state index is 10.6. The molecule has 0 amide bonds. The maximum absolute atomic E-state index is 10.6. The van der Waals surface area contributed by atoms with E-state index in [-0.39, 0.29) is 5.69 Å². The molecule has 0 aliphatic rings. The average molecular weight is 273 g/mol. The minimum atomic E-state index is -1.02. The molecule has 0 fully saturated rings. The number of carbonyl (C=O) groups is 1. The number of nitrogens with one attached hydrogen (secondary N) is 1. The molecule has 0 spiro atoms. The Hall–Kier alpha value is -1.60. The molecular formula is C9H9ClN4O2S. The third-order valence-corrected chi connectivity index (χ3v) is 3.10. The number of aromatic nitrogens is 3. The first-order chi connectivity index (χ1) is 8.15. The molecule has 2 heterocycles. The van der Waals surface area contributed by atoms with E-state index >= 15 is 0 Å². The van der Waals surface area contributed by atoms with Gasteiger partial charge in [-0.05, 0) is 0 Å². The summed E-state index contributed by atoms with van der Waals surface area (Å²) in [5, 5.41) is 14.7. The van der Waals surface area contributed by atoms with E-state index in [1.54, 1.807) is 9.95 Å². The highest BCUT2D eigenvalue weighted by atomic mass is 35.5. The fourth-order valence-corrected chi connectivity index (χ4v) is 2.09. The van der Waals surface area contributed by atoms with Gasteiger partial charge >= 0.3 is 5.97 Å². The van der Waals surface area contributed by atoms with Gasteiger partial charge in [-0.15, -0.1) is 11.3 Å². The van der Waals surface area contributed by atoms with E-state index in [1.165, 1.54) is 23.9 Å². The highest BCUT2D eigenvalue weighted by Gasteiger charge is 2.06. The SMILES string of the molecule is O=C(O)c1cn(CCNc2nc(Cl)cs2)cn1. The van der Waals surface area contributed by atoms with Crippen molar-refractivity contribution in [1.29, 1.82) is 0 Å². The van der Waals surface area contributed by atoms with Crippen LogP contribution in [0.2, 0.25) is 5.15 Å². The molecule has 0 aliphatic carbocycles. The number of halogens is 1. The molecule has 2 aromatic rings. The van der Waals surface area contributed by atoms with E-state index in [9.17, 15) is 4.79 Å². The lowest BCUT2D eigenvalue weighted by molar-refractivity contribution is 0.0691. The van der Waals surface area contributed by atoms with Crippen molar-refractivity contribution in [2.24, 2.45) is 0 Å². The Labute approximate surface area is 106 Å². The van der Waals surface area contributed by atoms with Crippen LogP contribution in [-0.2, 0) is 6.54 Å². The Morgan fingerprint density at radius 3 is 3.06 bits per heavy atom. The molecular weight excluding hydrogens is 264 g/mol. The lowest BCUT2D eigenvalue weighted by atomic mass is 10.5. The average Bonchev–Trinajstić information content (AvgIpc) is 2.88. The van der Waals surface area contributed by atoms with Crippen LogP contribution in [0.5, 0.6) is 0 Å². The quantitative estimate of drug-likeness (QED) is 0.868. The fraction of sp³-hybridized carbons (Fsp3) is 0.222. The lowest BCUT2D eigenvalue weighted by Crippen LogP contribution is -2.09. The summed E-state index contributed by atoms with van der Waals surface area (Å²) in [4.78, 5) is 18.4. The highest BCUT2D eigenvalue weighted by Crippen LogP contribution is 2.18. The summed E-state index contributed by atoms with van der Waals surface area (Å²) in [7, 11) is 0. The molecule has 0 bridgehead atoms. The Bertz CT molecular complexity index is 525. The molecule has 17 heavy (non-hydrogen) atoms. The predicted octanol–water partition coefficient (Wildman–Crippen LogP) is 1.80. The summed E-state index contributed by atoms with van der Waals surface area (Å²) in [5.74, 6) is -1.02. The van der Waals surface area contributed by atoms with Crippen LogP contribution in [0.4, 0.5) is 5.13 Å². The van der Waals surface area contributed by atoms with Gasteiger partial charge in [-0.2, -0.15) is 0 Å².